The zero-order valence-electron chi connectivity index (χ0n) is 8.16. The van der Waals surface area contributed by atoms with E-state index in [4.69, 9.17) is 0 Å². The SMILES string of the molecule is CC1CNC(c2ccc(Br)cc2)SC1. The van der Waals surface area contributed by atoms with Crippen LogP contribution in [0.15, 0.2) is 28.7 Å². The van der Waals surface area contributed by atoms with Crippen molar-refractivity contribution >= 4 is 27.7 Å². The fraction of sp³-hybridized carbons (Fsp3) is 0.455. The van der Waals surface area contributed by atoms with Crippen LogP contribution in [0, 0.1) is 5.92 Å². The Bertz CT molecular complexity index is 291. The van der Waals surface area contributed by atoms with Crippen LogP contribution in [0.4, 0.5) is 0 Å². The van der Waals surface area contributed by atoms with Crippen LogP contribution in [0.25, 0.3) is 0 Å². The second kappa shape index (κ2) is 4.69. The maximum atomic E-state index is 3.55. The summed E-state index contributed by atoms with van der Waals surface area (Å²) in [5, 5.41) is 4.04. The lowest BCUT2D eigenvalue weighted by Crippen LogP contribution is -2.31. The van der Waals surface area contributed by atoms with E-state index in [2.05, 4.69) is 52.4 Å². The van der Waals surface area contributed by atoms with Crippen LogP contribution in [0.1, 0.15) is 17.9 Å². The molecule has 1 nitrogen and oxygen atoms in total. The topological polar surface area (TPSA) is 12.0 Å². The van der Waals surface area contributed by atoms with Crippen molar-refractivity contribution < 1.29 is 0 Å². The summed E-state index contributed by atoms with van der Waals surface area (Å²) in [6, 6.07) is 8.58. The van der Waals surface area contributed by atoms with Gasteiger partial charge in [-0.2, -0.15) is 0 Å². The Kier molecular flexibility index (Phi) is 3.52. The highest BCUT2D eigenvalue weighted by molar-refractivity contribution is 9.10. The zero-order chi connectivity index (χ0) is 9.97. The van der Waals surface area contributed by atoms with E-state index in [0.29, 0.717) is 5.37 Å². The van der Waals surface area contributed by atoms with Crippen molar-refractivity contribution in [3.63, 3.8) is 0 Å². The average Bonchev–Trinajstić information content (AvgIpc) is 2.21. The number of hydrogen-bond donors (Lipinski definition) is 1. The third kappa shape index (κ3) is 2.53. The van der Waals surface area contributed by atoms with Gasteiger partial charge in [0.1, 0.15) is 0 Å². The van der Waals surface area contributed by atoms with Gasteiger partial charge in [-0.3, -0.25) is 0 Å². The van der Waals surface area contributed by atoms with Gasteiger partial charge in [-0.25, -0.2) is 0 Å². The summed E-state index contributed by atoms with van der Waals surface area (Å²) in [7, 11) is 0. The Morgan fingerprint density at radius 1 is 1.36 bits per heavy atom. The molecule has 1 fully saturated rings. The fourth-order valence-electron chi connectivity index (χ4n) is 1.54. The minimum atomic E-state index is 0.485. The van der Waals surface area contributed by atoms with Crippen LogP contribution in [0.2, 0.25) is 0 Å². The minimum absolute atomic E-state index is 0.485. The Morgan fingerprint density at radius 2 is 2.07 bits per heavy atom. The molecule has 2 unspecified atom stereocenters. The minimum Gasteiger partial charge on any atom is -0.301 e. The molecule has 2 rings (SSSR count). The Labute approximate surface area is 97.8 Å². The van der Waals surface area contributed by atoms with E-state index in [9.17, 15) is 0 Å². The summed E-state index contributed by atoms with van der Waals surface area (Å²) in [4.78, 5) is 0. The molecule has 1 saturated heterocycles. The fourth-order valence-corrected chi connectivity index (χ4v) is 3.01. The Balaban J connectivity index is 2.05. The maximum absolute atomic E-state index is 3.55. The molecule has 1 aromatic rings. The highest BCUT2D eigenvalue weighted by Crippen LogP contribution is 2.31. The van der Waals surface area contributed by atoms with Gasteiger partial charge < -0.3 is 5.32 Å². The molecule has 0 amide bonds. The predicted molar refractivity (Wildman–Crippen MR) is 66.5 cm³/mol. The summed E-state index contributed by atoms with van der Waals surface area (Å²) >= 11 is 5.46. The number of hydrogen-bond acceptors (Lipinski definition) is 2. The number of rotatable bonds is 1. The van der Waals surface area contributed by atoms with Crippen molar-refractivity contribution in [2.24, 2.45) is 5.92 Å². The molecule has 1 aliphatic heterocycles. The summed E-state index contributed by atoms with van der Waals surface area (Å²) in [6.07, 6.45) is 0. The Hall–Kier alpha value is 0.01000. The molecule has 0 aromatic heterocycles. The number of nitrogens with one attached hydrogen (secondary N) is 1. The molecule has 0 radical (unpaired) electrons. The van der Waals surface area contributed by atoms with Crippen LogP contribution >= 0.6 is 27.7 Å². The second-order valence-electron chi connectivity index (χ2n) is 3.78. The van der Waals surface area contributed by atoms with Crippen molar-refractivity contribution in [2.75, 3.05) is 12.3 Å². The third-order valence-corrected chi connectivity index (χ3v) is 4.43. The largest absolute Gasteiger partial charge is 0.301 e. The van der Waals surface area contributed by atoms with E-state index < -0.39 is 0 Å². The Morgan fingerprint density at radius 3 is 2.64 bits per heavy atom. The van der Waals surface area contributed by atoms with E-state index in [-0.39, 0.29) is 0 Å². The van der Waals surface area contributed by atoms with Gasteiger partial charge in [0.15, 0.2) is 0 Å². The molecular formula is C11H14BrNS. The average molecular weight is 272 g/mol. The number of benzene rings is 1. The summed E-state index contributed by atoms with van der Waals surface area (Å²) in [6.45, 7) is 3.42. The van der Waals surface area contributed by atoms with Crippen molar-refractivity contribution in [1.82, 2.24) is 5.32 Å². The standard InChI is InChI=1S/C11H14BrNS/c1-8-6-13-11(14-7-8)9-2-4-10(12)5-3-9/h2-5,8,11,13H,6-7H2,1H3. The van der Waals surface area contributed by atoms with Gasteiger partial charge in [0, 0.05) is 4.47 Å². The van der Waals surface area contributed by atoms with E-state index in [0.717, 1.165) is 16.9 Å². The second-order valence-corrected chi connectivity index (χ2v) is 5.83. The first-order chi connectivity index (χ1) is 6.75. The first-order valence-electron chi connectivity index (χ1n) is 4.86. The molecule has 0 aliphatic carbocycles. The van der Waals surface area contributed by atoms with Crippen molar-refractivity contribution in [1.29, 1.82) is 0 Å². The molecule has 0 spiro atoms. The highest BCUT2D eigenvalue weighted by atomic mass is 79.9. The van der Waals surface area contributed by atoms with Crippen LogP contribution in [0.3, 0.4) is 0 Å². The van der Waals surface area contributed by atoms with Crippen LogP contribution in [0.5, 0.6) is 0 Å². The van der Waals surface area contributed by atoms with Gasteiger partial charge in [0.25, 0.3) is 0 Å². The van der Waals surface area contributed by atoms with Crippen molar-refractivity contribution in [2.45, 2.75) is 12.3 Å². The quantitative estimate of drug-likeness (QED) is 0.840. The molecule has 76 valence electrons. The lowest BCUT2D eigenvalue weighted by Gasteiger charge is -2.27. The lowest BCUT2D eigenvalue weighted by molar-refractivity contribution is 0.529. The van der Waals surface area contributed by atoms with Gasteiger partial charge in [-0.15, -0.1) is 11.8 Å². The first-order valence-corrected chi connectivity index (χ1v) is 6.70. The summed E-state index contributed by atoms with van der Waals surface area (Å²) in [5.41, 5.74) is 1.38. The smallest absolute Gasteiger partial charge is 0.0789 e. The van der Waals surface area contributed by atoms with Crippen LogP contribution in [-0.4, -0.2) is 12.3 Å². The van der Waals surface area contributed by atoms with E-state index >= 15 is 0 Å². The summed E-state index contributed by atoms with van der Waals surface area (Å²) < 4.78 is 1.15. The number of thioether (sulfide) groups is 1. The molecule has 1 heterocycles. The van der Waals surface area contributed by atoms with E-state index in [1.807, 2.05) is 11.8 Å². The maximum Gasteiger partial charge on any atom is 0.0789 e. The van der Waals surface area contributed by atoms with Crippen LogP contribution < -0.4 is 5.32 Å². The summed E-state index contributed by atoms with van der Waals surface area (Å²) in [5.74, 6) is 2.06. The third-order valence-electron chi connectivity index (χ3n) is 2.37. The predicted octanol–water partition coefficient (Wildman–Crippen LogP) is 3.42. The molecule has 14 heavy (non-hydrogen) atoms. The lowest BCUT2D eigenvalue weighted by atomic mass is 10.2. The molecule has 0 saturated carbocycles. The van der Waals surface area contributed by atoms with Gasteiger partial charge in [0.05, 0.1) is 5.37 Å². The molecule has 1 N–H and O–H groups in total. The van der Waals surface area contributed by atoms with E-state index in [1.54, 1.807) is 0 Å². The number of halogens is 1. The first kappa shape index (κ1) is 10.5. The van der Waals surface area contributed by atoms with Gasteiger partial charge in [-0.05, 0) is 35.9 Å². The molecule has 1 aliphatic rings. The zero-order valence-corrected chi connectivity index (χ0v) is 10.6. The molecular weight excluding hydrogens is 258 g/mol. The monoisotopic (exact) mass is 271 g/mol. The molecule has 2 atom stereocenters. The highest BCUT2D eigenvalue weighted by Gasteiger charge is 2.18. The van der Waals surface area contributed by atoms with Gasteiger partial charge >= 0.3 is 0 Å². The molecule has 0 bridgehead atoms. The van der Waals surface area contributed by atoms with Gasteiger partial charge in [0.2, 0.25) is 0 Å². The van der Waals surface area contributed by atoms with Crippen molar-refractivity contribution in [3.05, 3.63) is 34.3 Å². The van der Waals surface area contributed by atoms with Gasteiger partial charge in [-0.1, -0.05) is 35.0 Å². The van der Waals surface area contributed by atoms with E-state index in [1.165, 1.54) is 11.3 Å². The van der Waals surface area contributed by atoms with Crippen molar-refractivity contribution in [3.8, 4) is 0 Å². The normalized spacial score (nSPS) is 27.6. The molecule has 1 aromatic carbocycles. The molecule has 3 heteroatoms. The van der Waals surface area contributed by atoms with Crippen LogP contribution in [-0.2, 0) is 0 Å².